The fraction of sp³-hybridized carbons (Fsp3) is 0.102. The van der Waals surface area contributed by atoms with Gasteiger partial charge in [-0.25, -0.2) is 0 Å². The van der Waals surface area contributed by atoms with Crippen LogP contribution in [-0.4, -0.2) is 15.8 Å². The molecule has 0 saturated carbocycles. The Morgan fingerprint density at radius 2 is 0.561 bits per heavy atom. The van der Waals surface area contributed by atoms with Crippen LogP contribution in [0.25, 0.3) is 165 Å². The molecule has 4 nitrogen and oxygen atoms in total. The van der Waals surface area contributed by atoms with E-state index in [1.165, 1.54) is 9.13 Å². The second kappa shape index (κ2) is 28.0. The third kappa shape index (κ3) is 11.9. The van der Waals surface area contributed by atoms with Crippen LogP contribution in [-0.2, 0) is 16.2 Å². The summed E-state index contributed by atoms with van der Waals surface area (Å²) in [5.74, 6) is 0. The summed E-state index contributed by atoms with van der Waals surface area (Å²) in [5, 5.41) is 5.16. The van der Waals surface area contributed by atoms with Crippen molar-refractivity contribution < 1.29 is 27.4 Å². The van der Waals surface area contributed by atoms with Crippen molar-refractivity contribution in [2.45, 2.75) is 78.6 Å². The Morgan fingerprint density at radius 1 is 0.244 bits per heavy atom. The van der Waals surface area contributed by atoms with E-state index in [1.54, 1.807) is 0 Å². The van der Waals surface area contributed by atoms with Gasteiger partial charge in [-0.2, -0.15) is 0 Å². The number of nitrogens with zero attached hydrogens (tertiary/aromatic N) is 4. The zero-order valence-corrected chi connectivity index (χ0v) is 69.3. The van der Waals surface area contributed by atoms with E-state index in [4.69, 9.17) is 0 Å². The van der Waals surface area contributed by atoms with Crippen molar-refractivity contribution >= 4 is 144 Å². The fourth-order valence-corrected chi connectivity index (χ4v) is 18.9. The normalized spacial score (nSPS) is 15.1. The third-order valence-electron chi connectivity index (χ3n) is 25.0. The molecule has 23 rings (SSSR count). The fourth-order valence-electron chi connectivity index (χ4n) is 18.9. The van der Waals surface area contributed by atoms with E-state index in [2.05, 4.69) is 86.6 Å². The number of anilines is 6. The first-order valence-corrected chi connectivity index (χ1v) is 41.9. The first kappa shape index (κ1) is 55.3. The lowest BCUT2D eigenvalue weighted by Crippen LogP contribution is -2.61. The van der Waals surface area contributed by atoms with Gasteiger partial charge in [0.15, 0.2) is 0 Å². The monoisotopic (exact) mass is 1590 g/mol. The first-order chi connectivity index (χ1) is 68.3. The lowest BCUT2D eigenvalue weighted by Gasteiger charge is -2.47. The van der Waals surface area contributed by atoms with Crippen LogP contribution in [0.2, 0.25) is 0 Å². The number of rotatable bonds is 10. The quantitative estimate of drug-likeness (QED) is 0.100. The van der Waals surface area contributed by atoms with Crippen LogP contribution >= 0.6 is 0 Å². The molecule has 123 heavy (non-hydrogen) atoms. The molecule has 0 amide bonds. The van der Waals surface area contributed by atoms with Gasteiger partial charge >= 0.3 is 0 Å². The summed E-state index contributed by atoms with van der Waals surface area (Å²) in [7, 11) is 0. The molecular formula is C118H91BN4. The van der Waals surface area contributed by atoms with Crippen LogP contribution in [0.1, 0.15) is 106 Å². The highest BCUT2D eigenvalue weighted by molar-refractivity contribution is 7.00. The Labute approximate surface area is 747 Å². The summed E-state index contributed by atoms with van der Waals surface area (Å²) in [6, 6.07) is 73.6. The molecule has 2 aliphatic heterocycles. The number of hydrogen-bond donors (Lipinski definition) is 0. The maximum absolute atomic E-state index is 12.2. The van der Waals surface area contributed by atoms with E-state index >= 15 is 0 Å². The van der Waals surface area contributed by atoms with Crippen molar-refractivity contribution in [1.29, 1.82) is 0 Å². The standard InChI is InChI=1S/C118H91BN4/c1-116(2,3)82-66-97(74-34-14-10-15-35-74)114(98(67-82)75-36-16-11-17-37-75)122-109-72-85(120-105-52-32-30-50-93(105)101-64-80(54-60-107(101)120)95-62-78-42-22-24-44-87(78)89-46-26-28-48-91(89)95)56-58-103(109)119-104-59-57-86(121-106-53-33-31-51-94(106)102-65-81(55-61-108(102)121)96-63-79-43-23-25-45-88(79)90-47-27-29-49-92(90)96)73-110(104)123(112-71-84(118(7,8)9)70-111(122)113(112)119)115-99(76-38-18-12-19-39-76)68-83(117(4,5)6)69-100(115)77-40-20-13-21-41-77/h10-73H,1-9H3/i30D,31D,32D,33D,50D,51D,52D,53D,54D,55D,56D,57D,58D,59D,60D,61D,64D,65D,72D,73D. The molecule has 2 aromatic heterocycles. The number of benzene rings is 19. The predicted octanol–water partition coefficient (Wildman–Crippen LogP) is 30.5. The molecule has 586 valence electrons. The number of para-hydroxylation sites is 2. The van der Waals surface area contributed by atoms with Gasteiger partial charge in [0.1, 0.15) is 0 Å². The van der Waals surface area contributed by atoms with Crippen molar-refractivity contribution in [3.05, 3.63) is 404 Å². The highest BCUT2D eigenvalue weighted by Gasteiger charge is 2.47. The molecule has 0 aliphatic carbocycles. The summed E-state index contributed by atoms with van der Waals surface area (Å²) < 4.78 is 217. The van der Waals surface area contributed by atoms with Gasteiger partial charge in [0.05, 0.1) is 60.9 Å². The minimum atomic E-state index is -1.65. The van der Waals surface area contributed by atoms with E-state index in [1.807, 2.05) is 252 Å². The van der Waals surface area contributed by atoms with Crippen LogP contribution < -0.4 is 26.2 Å². The summed E-state index contributed by atoms with van der Waals surface area (Å²) in [6.45, 7) is 17.3. The second-order valence-corrected chi connectivity index (χ2v) is 35.5. The SMILES string of the molecule is [2H]c1c([2H])c(-n2c3c([2H])c([2H])c([2H])c([2H])c3c3c([2H])c(-c4cc5ccccc5c5ccccc45)c([2H])c([2H])c32)c([2H])c2c1B1c3c(cc(C(C)(C)C)cc3N(c3c(-c4ccccc4)cc(C(C)(C)C)cc3-c3ccccc3)c3c([2H])c(-n4c5c([2H])c([2H])c([2H])c([2H])c5c5c([2H])c(-c6cc7ccccc7c7ccccc67)c([2H])c([2H])c54)c([2H])c([2H])c31)N2c1c(-c2ccccc2)cc(C(C)(C)C)cc1-c1ccccc1. The van der Waals surface area contributed by atoms with E-state index in [9.17, 15) is 27.4 Å². The summed E-state index contributed by atoms with van der Waals surface area (Å²) in [6.07, 6.45) is 0. The van der Waals surface area contributed by atoms with E-state index in [-0.39, 0.29) is 77.0 Å². The largest absolute Gasteiger partial charge is 0.310 e. The van der Waals surface area contributed by atoms with Crippen molar-refractivity contribution in [1.82, 2.24) is 9.13 Å². The van der Waals surface area contributed by atoms with E-state index < -0.39 is 155 Å². The maximum Gasteiger partial charge on any atom is 0.252 e. The zero-order chi connectivity index (χ0) is 100. The zero-order valence-electron chi connectivity index (χ0n) is 89.3. The van der Waals surface area contributed by atoms with Crippen LogP contribution in [0.15, 0.2) is 388 Å². The van der Waals surface area contributed by atoms with Crippen LogP contribution in [0.5, 0.6) is 0 Å². The molecule has 4 heterocycles. The molecule has 0 radical (unpaired) electrons. The number of hydrogen-bond acceptors (Lipinski definition) is 2. The molecule has 2 aliphatic rings. The third-order valence-corrected chi connectivity index (χ3v) is 25.0. The molecule has 0 N–H and O–H groups in total. The van der Waals surface area contributed by atoms with E-state index in [0.717, 1.165) is 43.4 Å². The van der Waals surface area contributed by atoms with Crippen LogP contribution in [0.4, 0.5) is 34.1 Å². The summed E-state index contributed by atoms with van der Waals surface area (Å²) in [5.41, 5.74) is 5.34. The summed E-state index contributed by atoms with van der Waals surface area (Å²) >= 11 is 0. The second-order valence-electron chi connectivity index (χ2n) is 35.5. The molecule has 0 atom stereocenters. The van der Waals surface area contributed by atoms with Gasteiger partial charge in [0.25, 0.3) is 6.71 Å². The maximum atomic E-state index is 12.2. The van der Waals surface area contributed by atoms with Crippen LogP contribution in [0.3, 0.4) is 0 Å². The van der Waals surface area contributed by atoms with Gasteiger partial charge in [0.2, 0.25) is 0 Å². The van der Waals surface area contributed by atoms with Gasteiger partial charge < -0.3 is 18.9 Å². The van der Waals surface area contributed by atoms with Gasteiger partial charge in [-0.05, 0) is 246 Å². The topological polar surface area (TPSA) is 16.3 Å². The molecule has 21 aromatic rings. The summed E-state index contributed by atoms with van der Waals surface area (Å²) in [4.78, 5) is 3.91. The number of fused-ring (bicyclic) bond motifs is 16. The molecule has 0 saturated heterocycles. The molecule has 0 spiro atoms. The van der Waals surface area contributed by atoms with Gasteiger partial charge in [-0.3, -0.25) is 0 Å². The molecule has 19 aromatic carbocycles. The smallest absolute Gasteiger partial charge is 0.252 e. The lowest BCUT2D eigenvalue weighted by atomic mass is 9.33. The molecular weight excluding hydrogens is 1480 g/mol. The first-order valence-electron chi connectivity index (χ1n) is 51.9. The molecule has 5 heteroatoms. The van der Waals surface area contributed by atoms with Crippen molar-refractivity contribution in [3.8, 4) is 78.1 Å². The minimum absolute atomic E-state index is 0.0303. The molecule has 0 fully saturated rings. The van der Waals surface area contributed by atoms with Gasteiger partial charge in [-0.1, -0.05) is 341 Å². The minimum Gasteiger partial charge on any atom is -0.310 e. The van der Waals surface area contributed by atoms with Gasteiger partial charge in [-0.15, -0.1) is 0 Å². The molecule has 0 unspecified atom stereocenters. The number of aromatic nitrogens is 2. The highest BCUT2D eigenvalue weighted by atomic mass is 15.2. The highest BCUT2D eigenvalue weighted by Crippen LogP contribution is 2.57. The Morgan fingerprint density at radius 3 is 0.927 bits per heavy atom. The Balaban J connectivity index is 0.941. The Kier molecular flexibility index (Phi) is 12.6. The van der Waals surface area contributed by atoms with Gasteiger partial charge in [0, 0.05) is 77.9 Å². The van der Waals surface area contributed by atoms with Crippen molar-refractivity contribution in [2.24, 2.45) is 0 Å². The lowest BCUT2D eigenvalue weighted by molar-refractivity contribution is 0.590. The average molecular weight is 1600 g/mol. The van der Waals surface area contributed by atoms with Crippen molar-refractivity contribution in [3.63, 3.8) is 0 Å². The predicted molar refractivity (Wildman–Crippen MR) is 528 cm³/mol. The Bertz CT molecular complexity index is 8580. The van der Waals surface area contributed by atoms with Crippen LogP contribution in [0, 0.1) is 0 Å². The average Bonchev–Trinajstić information content (AvgIpc) is 1.58. The molecule has 0 bridgehead atoms. The van der Waals surface area contributed by atoms with Crippen molar-refractivity contribution in [2.75, 3.05) is 9.80 Å². The Hall–Kier alpha value is -14.5. The van der Waals surface area contributed by atoms with E-state index in [0.29, 0.717) is 100 Å².